The summed E-state index contributed by atoms with van der Waals surface area (Å²) in [6, 6.07) is 13.4. The number of hydrogen-bond acceptors (Lipinski definition) is 5. The van der Waals surface area contributed by atoms with Crippen molar-refractivity contribution in [3.63, 3.8) is 0 Å². The number of benzene rings is 1. The van der Waals surface area contributed by atoms with Gasteiger partial charge in [-0.05, 0) is 50.2 Å². The van der Waals surface area contributed by atoms with Crippen molar-refractivity contribution in [3.05, 3.63) is 71.2 Å². The van der Waals surface area contributed by atoms with E-state index < -0.39 is 0 Å². The van der Waals surface area contributed by atoms with Crippen LogP contribution < -0.4 is 14.8 Å². The molecule has 0 aliphatic rings. The fourth-order valence-electron chi connectivity index (χ4n) is 3.30. The maximum Gasteiger partial charge on any atom is 0.253 e. The Bertz CT molecular complexity index is 996. The molecule has 2 aromatic heterocycles. The Morgan fingerprint density at radius 2 is 1.87 bits per heavy atom. The molecule has 1 N–H and O–H groups in total. The molecule has 1 aromatic carbocycles. The molecule has 0 atom stereocenters. The maximum absolute atomic E-state index is 12.9. The first-order valence-electron chi connectivity index (χ1n) is 9.72. The van der Waals surface area contributed by atoms with Crippen molar-refractivity contribution in [2.24, 2.45) is 0 Å². The van der Waals surface area contributed by atoms with Crippen LogP contribution >= 0.6 is 0 Å². The molecule has 0 fully saturated rings. The fraction of sp³-hybridized carbons (Fsp3) is 0.304. The van der Waals surface area contributed by atoms with Crippen LogP contribution in [0.4, 0.5) is 0 Å². The Kier molecular flexibility index (Phi) is 7.08. The summed E-state index contributed by atoms with van der Waals surface area (Å²) < 4.78 is 17.9. The smallest absolute Gasteiger partial charge is 0.253 e. The highest BCUT2D eigenvalue weighted by Crippen LogP contribution is 2.23. The van der Waals surface area contributed by atoms with Gasteiger partial charge in [-0.2, -0.15) is 0 Å². The van der Waals surface area contributed by atoms with Gasteiger partial charge < -0.3 is 24.1 Å². The van der Waals surface area contributed by atoms with Crippen LogP contribution in [0.2, 0.25) is 0 Å². The first-order valence-corrected chi connectivity index (χ1v) is 9.72. The van der Waals surface area contributed by atoms with Gasteiger partial charge in [0, 0.05) is 42.5 Å². The number of carbonyl (C=O) groups excluding carboxylic acids is 1. The van der Waals surface area contributed by atoms with Gasteiger partial charge in [-0.25, -0.2) is 4.98 Å². The average Bonchev–Trinajstić information content (AvgIpc) is 3.07. The number of aromatic nitrogens is 2. The largest absolute Gasteiger partial charge is 0.497 e. The summed E-state index contributed by atoms with van der Waals surface area (Å²) in [7, 11) is 3.26. The van der Waals surface area contributed by atoms with Gasteiger partial charge in [-0.3, -0.25) is 4.79 Å². The highest BCUT2D eigenvalue weighted by molar-refractivity contribution is 5.95. The molecule has 0 aliphatic carbocycles. The first-order chi connectivity index (χ1) is 14.5. The van der Waals surface area contributed by atoms with Crippen molar-refractivity contribution in [3.8, 4) is 17.3 Å². The van der Waals surface area contributed by atoms with Crippen molar-refractivity contribution in [1.29, 1.82) is 0 Å². The standard InChI is InChI=1S/C23H27N3O4/c1-16-14-21(17(2)26(16)19-7-9-20(29-4)10-8-19)22(27)25-15-18-6-5-11-24-23(18)30-13-12-28-3/h5-11,14H,12-13,15H2,1-4H3,(H,25,27). The maximum atomic E-state index is 12.9. The van der Waals surface area contributed by atoms with E-state index in [9.17, 15) is 4.79 Å². The number of pyridine rings is 1. The number of amides is 1. The molecule has 0 saturated carbocycles. The molecule has 0 radical (unpaired) electrons. The summed E-state index contributed by atoms with van der Waals surface area (Å²) >= 11 is 0. The monoisotopic (exact) mass is 409 g/mol. The number of rotatable bonds is 9. The topological polar surface area (TPSA) is 74.6 Å². The Balaban J connectivity index is 1.74. The molecular weight excluding hydrogens is 382 g/mol. The summed E-state index contributed by atoms with van der Waals surface area (Å²) in [5.74, 6) is 1.15. The third kappa shape index (κ3) is 4.80. The zero-order chi connectivity index (χ0) is 21.5. The van der Waals surface area contributed by atoms with E-state index in [0.29, 0.717) is 31.2 Å². The number of methoxy groups -OCH3 is 2. The molecule has 0 saturated heterocycles. The molecule has 1 amide bonds. The van der Waals surface area contributed by atoms with Gasteiger partial charge in [-0.1, -0.05) is 6.07 Å². The SMILES string of the molecule is COCCOc1ncccc1CNC(=O)c1cc(C)n(-c2ccc(OC)cc2)c1C. The minimum absolute atomic E-state index is 0.144. The third-order valence-corrected chi connectivity index (χ3v) is 4.82. The van der Waals surface area contributed by atoms with Gasteiger partial charge >= 0.3 is 0 Å². The predicted octanol–water partition coefficient (Wildman–Crippen LogP) is 3.45. The van der Waals surface area contributed by atoms with Crippen molar-refractivity contribution in [2.75, 3.05) is 27.4 Å². The molecule has 7 heteroatoms. The van der Waals surface area contributed by atoms with Gasteiger partial charge in [0.25, 0.3) is 5.91 Å². The number of aryl methyl sites for hydroxylation is 1. The number of ether oxygens (including phenoxy) is 3. The van der Waals surface area contributed by atoms with Crippen LogP contribution in [0.3, 0.4) is 0 Å². The number of hydrogen-bond donors (Lipinski definition) is 1. The minimum atomic E-state index is -0.144. The molecular formula is C23H27N3O4. The third-order valence-electron chi connectivity index (χ3n) is 4.82. The Morgan fingerprint density at radius 3 is 2.57 bits per heavy atom. The second-order valence-corrected chi connectivity index (χ2v) is 6.81. The zero-order valence-electron chi connectivity index (χ0n) is 17.8. The van der Waals surface area contributed by atoms with Crippen molar-refractivity contribution in [2.45, 2.75) is 20.4 Å². The Labute approximate surface area is 176 Å². The van der Waals surface area contributed by atoms with E-state index in [2.05, 4.69) is 14.9 Å². The molecule has 30 heavy (non-hydrogen) atoms. The van der Waals surface area contributed by atoms with Gasteiger partial charge in [0.15, 0.2) is 0 Å². The summed E-state index contributed by atoms with van der Waals surface area (Å²) in [5, 5.41) is 2.97. The van der Waals surface area contributed by atoms with Gasteiger partial charge in [0.2, 0.25) is 5.88 Å². The van der Waals surface area contributed by atoms with Crippen LogP contribution in [0, 0.1) is 13.8 Å². The number of carbonyl (C=O) groups is 1. The molecule has 0 bridgehead atoms. The van der Waals surface area contributed by atoms with E-state index >= 15 is 0 Å². The minimum Gasteiger partial charge on any atom is -0.497 e. The summed E-state index contributed by atoms with van der Waals surface area (Å²) in [6.45, 7) is 5.12. The van der Waals surface area contributed by atoms with Gasteiger partial charge in [0.1, 0.15) is 12.4 Å². The molecule has 3 aromatic rings. The first kappa shape index (κ1) is 21.4. The van der Waals surface area contributed by atoms with Crippen LogP contribution in [0.15, 0.2) is 48.7 Å². The van der Waals surface area contributed by atoms with Crippen LogP contribution in [0.5, 0.6) is 11.6 Å². The highest BCUT2D eigenvalue weighted by atomic mass is 16.5. The number of nitrogens with one attached hydrogen (secondary N) is 1. The average molecular weight is 409 g/mol. The van der Waals surface area contributed by atoms with Crippen molar-refractivity contribution >= 4 is 5.91 Å². The van der Waals surface area contributed by atoms with E-state index in [1.54, 1.807) is 20.4 Å². The summed E-state index contributed by atoms with van der Waals surface area (Å²) in [4.78, 5) is 17.1. The zero-order valence-corrected chi connectivity index (χ0v) is 17.8. The van der Waals surface area contributed by atoms with Gasteiger partial charge in [-0.15, -0.1) is 0 Å². The van der Waals surface area contributed by atoms with Crippen LogP contribution in [0.25, 0.3) is 5.69 Å². The van der Waals surface area contributed by atoms with E-state index in [0.717, 1.165) is 28.4 Å². The normalized spacial score (nSPS) is 10.7. The molecule has 2 heterocycles. The molecule has 0 spiro atoms. The lowest BCUT2D eigenvalue weighted by Gasteiger charge is -2.12. The predicted molar refractivity (Wildman–Crippen MR) is 115 cm³/mol. The molecule has 158 valence electrons. The number of nitrogens with zero attached hydrogens (tertiary/aromatic N) is 2. The molecule has 3 rings (SSSR count). The second-order valence-electron chi connectivity index (χ2n) is 6.81. The lowest BCUT2D eigenvalue weighted by atomic mass is 10.2. The Morgan fingerprint density at radius 1 is 1.10 bits per heavy atom. The summed E-state index contributed by atoms with van der Waals surface area (Å²) in [6.07, 6.45) is 1.66. The van der Waals surface area contributed by atoms with Gasteiger partial charge in [0.05, 0.1) is 19.3 Å². The van der Waals surface area contributed by atoms with Crippen LogP contribution in [-0.2, 0) is 11.3 Å². The van der Waals surface area contributed by atoms with Crippen molar-refractivity contribution in [1.82, 2.24) is 14.9 Å². The van der Waals surface area contributed by atoms with E-state index in [1.165, 1.54) is 0 Å². The lowest BCUT2D eigenvalue weighted by molar-refractivity contribution is 0.0949. The Hall–Kier alpha value is -3.32. The molecule has 0 aliphatic heterocycles. The van der Waals surface area contributed by atoms with E-state index in [1.807, 2.05) is 56.3 Å². The van der Waals surface area contributed by atoms with E-state index in [4.69, 9.17) is 14.2 Å². The second kappa shape index (κ2) is 9.93. The molecule has 0 unspecified atom stereocenters. The van der Waals surface area contributed by atoms with E-state index in [-0.39, 0.29) is 5.91 Å². The highest BCUT2D eigenvalue weighted by Gasteiger charge is 2.17. The quantitative estimate of drug-likeness (QED) is 0.548. The van der Waals surface area contributed by atoms with Crippen LogP contribution in [-0.4, -0.2) is 42.9 Å². The molecule has 7 nitrogen and oxygen atoms in total. The summed E-state index contributed by atoms with van der Waals surface area (Å²) in [5.41, 5.74) is 4.27. The van der Waals surface area contributed by atoms with Crippen LogP contribution in [0.1, 0.15) is 27.3 Å². The lowest BCUT2D eigenvalue weighted by Crippen LogP contribution is -2.24. The fourth-order valence-corrected chi connectivity index (χ4v) is 3.30. The van der Waals surface area contributed by atoms with Crippen molar-refractivity contribution < 1.29 is 19.0 Å².